The Morgan fingerprint density at radius 1 is 1.42 bits per heavy atom. The van der Waals surface area contributed by atoms with Crippen LogP contribution in [0.5, 0.6) is 0 Å². The molecule has 1 aromatic heterocycles. The molecule has 0 aliphatic rings. The van der Waals surface area contributed by atoms with Crippen molar-refractivity contribution in [3.63, 3.8) is 0 Å². The predicted octanol–water partition coefficient (Wildman–Crippen LogP) is 1.62. The van der Waals surface area contributed by atoms with Crippen LogP contribution in [0.3, 0.4) is 0 Å². The lowest BCUT2D eigenvalue weighted by molar-refractivity contribution is 0.156. The molecule has 0 saturated heterocycles. The van der Waals surface area contributed by atoms with Crippen molar-refractivity contribution < 1.29 is 5.11 Å². The van der Waals surface area contributed by atoms with Gasteiger partial charge in [-0.2, -0.15) is 0 Å². The van der Waals surface area contributed by atoms with Crippen LogP contribution in [0.4, 0.5) is 0 Å². The molecule has 1 unspecified atom stereocenters. The average Bonchev–Trinajstić information content (AvgIpc) is 2.06. The number of aromatic nitrogens is 2. The second kappa shape index (κ2) is 4.16. The van der Waals surface area contributed by atoms with Gasteiger partial charge in [0.2, 0.25) is 0 Å². The first-order valence-electron chi connectivity index (χ1n) is 4.20. The predicted molar refractivity (Wildman–Crippen MR) is 46.6 cm³/mol. The summed E-state index contributed by atoms with van der Waals surface area (Å²) in [5.41, 5.74) is 1.02. The molecule has 1 heterocycles. The molecular weight excluding hydrogens is 152 g/mol. The lowest BCUT2D eigenvalue weighted by atomic mass is 10.2. The third-order valence-corrected chi connectivity index (χ3v) is 1.66. The maximum Gasteiger partial charge on any atom is 0.156 e. The number of hydrogen-bond acceptors (Lipinski definition) is 3. The molecule has 1 aromatic rings. The molecule has 12 heavy (non-hydrogen) atoms. The summed E-state index contributed by atoms with van der Waals surface area (Å²) in [6.45, 7) is 3.95. The van der Waals surface area contributed by atoms with E-state index in [4.69, 9.17) is 0 Å². The Bertz CT molecular complexity index is 233. The molecule has 1 rings (SSSR count). The summed E-state index contributed by atoms with van der Waals surface area (Å²) in [4.78, 5) is 8.07. The van der Waals surface area contributed by atoms with Crippen molar-refractivity contribution in [3.05, 3.63) is 23.8 Å². The lowest BCUT2D eigenvalue weighted by Crippen LogP contribution is -2.02. The molecule has 1 atom stereocenters. The van der Waals surface area contributed by atoms with Gasteiger partial charge in [-0.1, -0.05) is 13.3 Å². The molecule has 0 aromatic carbocycles. The average molecular weight is 166 g/mol. The van der Waals surface area contributed by atoms with Crippen LogP contribution in [-0.2, 0) is 0 Å². The molecule has 0 aliphatic carbocycles. The Labute approximate surface area is 72.5 Å². The molecule has 0 bridgehead atoms. The quantitative estimate of drug-likeness (QED) is 0.742. The maximum absolute atomic E-state index is 9.49. The van der Waals surface area contributed by atoms with E-state index >= 15 is 0 Å². The van der Waals surface area contributed by atoms with E-state index in [1.54, 1.807) is 12.4 Å². The van der Waals surface area contributed by atoms with Crippen LogP contribution in [0.2, 0.25) is 0 Å². The normalized spacial score (nSPS) is 12.9. The SMILES string of the molecule is CCCC(O)c1ncc(C)cn1. The van der Waals surface area contributed by atoms with Crippen LogP contribution in [0.1, 0.15) is 37.3 Å². The Hall–Kier alpha value is -0.960. The van der Waals surface area contributed by atoms with E-state index in [9.17, 15) is 5.11 Å². The van der Waals surface area contributed by atoms with Gasteiger partial charge in [0, 0.05) is 12.4 Å². The van der Waals surface area contributed by atoms with Gasteiger partial charge in [0.05, 0.1) is 0 Å². The highest BCUT2D eigenvalue weighted by molar-refractivity contribution is 5.03. The van der Waals surface area contributed by atoms with Crippen LogP contribution >= 0.6 is 0 Å². The van der Waals surface area contributed by atoms with E-state index in [0.29, 0.717) is 5.82 Å². The number of nitrogens with zero attached hydrogens (tertiary/aromatic N) is 2. The number of rotatable bonds is 3. The minimum absolute atomic E-state index is 0.504. The van der Waals surface area contributed by atoms with E-state index in [1.165, 1.54) is 0 Å². The third-order valence-electron chi connectivity index (χ3n) is 1.66. The van der Waals surface area contributed by atoms with E-state index in [2.05, 4.69) is 9.97 Å². The number of aliphatic hydroxyl groups is 1. The van der Waals surface area contributed by atoms with E-state index in [1.807, 2.05) is 13.8 Å². The Morgan fingerprint density at radius 3 is 2.50 bits per heavy atom. The molecule has 3 nitrogen and oxygen atoms in total. The van der Waals surface area contributed by atoms with Gasteiger partial charge in [0.1, 0.15) is 6.10 Å². The first kappa shape index (κ1) is 9.13. The van der Waals surface area contributed by atoms with Gasteiger partial charge in [0.25, 0.3) is 0 Å². The van der Waals surface area contributed by atoms with Crippen molar-refractivity contribution >= 4 is 0 Å². The monoisotopic (exact) mass is 166 g/mol. The first-order valence-corrected chi connectivity index (χ1v) is 4.20. The van der Waals surface area contributed by atoms with Crippen molar-refractivity contribution in [2.75, 3.05) is 0 Å². The molecule has 66 valence electrons. The zero-order valence-corrected chi connectivity index (χ0v) is 7.49. The van der Waals surface area contributed by atoms with Crippen LogP contribution in [0.25, 0.3) is 0 Å². The largest absolute Gasteiger partial charge is 0.385 e. The second-order valence-corrected chi connectivity index (χ2v) is 2.92. The fraction of sp³-hybridized carbons (Fsp3) is 0.556. The molecule has 0 fully saturated rings. The first-order chi connectivity index (χ1) is 5.74. The smallest absolute Gasteiger partial charge is 0.156 e. The van der Waals surface area contributed by atoms with Crippen molar-refractivity contribution in [1.29, 1.82) is 0 Å². The van der Waals surface area contributed by atoms with Gasteiger partial charge in [-0.3, -0.25) is 0 Å². The summed E-state index contributed by atoms with van der Waals surface area (Å²) in [7, 11) is 0. The molecule has 1 N–H and O–H groups in total. The van der Waals surface area contributed by atoms with E-state index in [-0.39, 0.29) is 0 Å². The minimum Gasteiger partial charge on any atom is -0.385 e. The summed E-state index contributed by atoms with van der Waals surface area (Å²) in [5.74, 6) is 0.530. The molecule has 0 amide bonds. The van der Waals surface area contributed by atoms with E-state index < -0.39 is 6.10 Å². The van der Waals surface area contributed by atoms with Gasteiger partial charge in [-0.15, -0.1) is 0 Å². The topological polar surface area (TPSA) is 46.0 Å². The molecule has 0 aliphatic heterocycles. The van der Waals surface area contributed by atoms with Gasteiger partial charge in [0.15, 0.2) is 5.82 Å². The summed E-state index contributed by atoms with van der Waals surface area (Å²) in [6.07, 6.45) is 4.61. The highest BCUT2D eigenvalue weighted by Crippen LogP contribution is 2.12. The van der Waals surface area contributed by atoms with Gasteiger partial charge >= 0.3 is 0 Å². The Morgan fingerprint density at radius 2 is 2.00 bits per heavy atom. The Balaban J connectivity index is 2.68. The number of aryl methyl sites for hydroxylation is 1. The lowest BCUT2D eigenvalue weighted by Gasteiger charge is -2.06. The zero-order valence-electron chi connectivity index (χ0n) is 7.49. The summed E-state index contributed by atoms with van der Waals surface area (Å²) < 4.78 is 0. The van der Waals surface area contributed by atoms with Crippen molar-refractivity contribution in [2.45, 2.75) is 32.8 Å². The summed E-state index contributed by atoms with van der Waals surface area (Å²) in [5, 5.41) is 9.49. The van der Waals surface area contributed by atoms with Crippen molar-refractivity contribution in [3.8, 4) is 0 Å². The minimum atomic E-state index is -0.504. The van der Waals surface area contributed by atoms with Crippen molar-refractivity contribution in [2.24, 2.45) is 0 Å². The standard InChI is InChI=1S/C9H14N2O/c1-3-4-8(12)9-10-5-7(2)6-11-9/h5-6,8,12H,3-4H2,1-2H3. The van der Waals surface area contributed by atoms with Crippen LogP contribution < -0.4 is 0 Å². The molecule has 0 saturated carbocycles. The highest BCUT2D eigenvalue weighted by Gasteiger charge is 2.07. The fourth-order valence-corrected chi connectivity index (χ4v) is 0.977. The molecule has 0 radical (unpaired) electrons. The summed E-state index contributed by atoms with van der Waals surface area (Å²) >= 11 is 0. The van der Waals surface area contributed by atoms with Crippen LogP contribution in [-0.4, -0.2) is 15.1 Å². The van der Waals surface area contributed by atoms with Crippen LogP contribution in [0, 0.1) is 6.92 Å². The van der Waals surface area contributed by atoms with E-state index in [0.717, 1.165) is 18.4 Å². The van der Waals surface area contributed by atoms with Crippen LogP contribution in [0.15, 0.2) is 12.4 Å². The summed E-state index contributed by atoms with van der Waals surface area (Å²) in [6, 6.07) is 0. The maximum atomic E-state index is 9.49. The molecule has 3 heteroatoms. The third kappa shape index (κ3) is 2.27. The number of aliphatic hydroxyl groups excluding tert-OH is 1. The highest BCUT2D eigenvalue weighted by atomic mass is 16.3. The number of hydrogen-bond donors (Lipinski definition) is 1. The second-order valence-electron chi connectivity index (χ2n) is 2.92. The van der Waals surface area contributed by atoms with Gasteiger partial charge in [-0.05, 0) is 18.9 Å². The Kier molecular flexibility index (Phi) is 3.17. The fourth-order valence-electron chi connectivity index (χ4n) is 0.977. The van der Waals surface area contributed by atoms with Crippen molar-refractivity contribution in [1.82, 2.24) is 9.97 Å². The van der Waals surface area contributed by atoms with Gasteiger partial charge < -0.3 is 5.11 Å². The molecular formula is C9H14N2O. The zero-order chi connectivity index (χ0) is 8.97. The van der Waals surface area contributed by atoms with Gasteiger partial charge in [-0.25, -0.2) is 9.97 Å². The molecule has 0 spiro atoms.